The van der Waals surface area contributed by atoms with E-state index in [4.69, 9.17) is 4.74 Å². The first-order valence-electron chi connectivity index (χ1n) is 6.93. The Morgan fingerprint density at radius 1 is 1.29 bits per heavy atom. The number of hydrogen-bond donors (Lipinski definition) is 1. The van der Waals surface area contributed by atoms with Gasteiger partial charge < -0.3 is 14.6 Å². The molecule has 0 amide bonds. The summed E-state index contributed by atoms with van der Waals surface area (Å²) in [6.45, 7) is 3.53. The normalized spacial score (nSPS) is 11.2. The second-order valence-electron chi connectivity index (χ2n) is 4.75. The first-order valence-corrected chi connectivity index (χ1v) is 6.93. The van der Waals surface area contributed by atoms with Crippen LogP contribution >= 0.6 is 0 Å². The zero-order valence-electron chi connectivity index (χ0n) is 12.8. The van der Waals surface area contributed by atoms with Gasteiger partial charge in [0.05, 0.1) is 0 Å². The van der Waals surface area contributed by atoms with Crippen LogP contribution in [0.3, 0.4) is 0 Å². The molecule has 2 rings (SSSR count). The maximum atomic E-state index is 12.4. The lowest BCUT2D eigenvalue weighted by Crippen LogP contribution is -2.39. The highest BCUT2D eigenvalue weighted by atomic mass is 16.5. The van der Waals surface area contributed by atoms with Crippen molar-refractivity contribution in [2.75, 3.05) is 26.1 Å². The molecule has 2 aromatic rings. The van der Waals surface area contributed by atoms with Crippen molar-refractivity contribution in [3.8, 4) is 0 Å². The lowest BCUT2D eigenvalue weighted by atomic mass is 10.4. The molecule has 0 aliphatic rings. The van der Waals surface area contributed by atoms with Crippen molar-refractivity contribution >= 4 is 17.1 Å². The summed E-state index contributed by atoms with van der Waals surface area (Å²) in [7, 11) is 4.85. The van der Waals surface area contributed by atoms with Gasteiger partial charge >= 0.3 is 5.69 Å². The number of fused-ring (bicyclic) bond motifs is 1. The van der Waals surface area contributed by atoms with E-state index in [0.717, 1.165) is 4.57 Å². The zero-order chi connectivity index (χ0) is 15.6. The van der Waals surface area contributed by atoms with Crippen LogP contribution in [0.4, 0.5) is 5.95 Å². The van der Waals surface area contributed by atoms with Gasteiger partial charge in [-0.1, -0.05) is 0 Å². The smallest absolute Gasteiger partial charge is 0.332 e. The number of nitrogens with zero attached hydrogens (tertiary/aromatic N) is 4. The Balaban J connectivity index is 2.75. The largest absolute Gasteiger partial charge is 0.385 e. The number of methoxy groups -OCH3 is 1. The number of aromatic nitrogens is 4. The number of ether oxygens (including phenoxy) is 1. The van der Waals surface area contributed by atoms with Gasteiger partial charge in [0, 0.05) is 40.9 Å². The van der Waals surface area contributed by atoms with E-state index in [9.17, 15) is 9.59 Å². The SMILES string of the molecule is CCn1c(NC)nc2c1c(=O)n(C)c(=O)n2CCCOC. The predicted molar refractivity (Wildman–Crippen MR) is 80.9 cm³/mol. The van der Waals surface area contributed by atoms with Crippen LogP contribution in [0.5, 0.6) is 0 Å². The molecular weight excluding hydrogens is 274 g/mol. The Kier molecular flexibility index (Phi) is 4.46. The van der Waals surface area contributed by atoms with Gasteiger partial charge in [-0.15, -0.1) is 0 Å². The van der Waals surface area contributed by atoms with Crippen molar-refractivity contribution in [2.24, 2.45) is 7.05 Å². The lowest BCUT2D eigenvalue weighted by molar-refractivity contribution is 0.190. The molecule has 2 aromatic heterocycles. The van der Waals surface area contributed by atoms with Crippen LogP contribution in [-0.4, -0.2) is 39.4 Å². The average Bonchev–Trinajstić information content (AvgIpc) is 2.87. The number of hydrogen-bond acceptors (Lipinski definition) is 5. The molecule has 0 fully saturated rings. The summed E-state index contributed by atoms with van der Waals surface area (Å²) >= 11 is 0. The highest BCUT2D eigenvalue weighted by Gasteiger charge is 2.18. The number of imidazole rings is 1. The van der Waals surface area contributed by atoms with Crippen LogP contribution < -0.4 is 16.6 Å². The van der Waals surface area contributed by atoms with E-state index >= 15 is 0 Å². The fourth-order valence-corrected chi connectivity index (χ4v) is 2.42. The van der Waals surface area contributed by atoms with E-state index in [0.29, 0.717) is 43.2 Å². The van der Waals surface area contributed by atoms with Crippen molar-refractivity contribution < 1.29 is 4.74 Å². The molecule has 0 unspecified atom stereocenters. The standard InChI is InChI=1S/C13H21N5O3/c1-5-17-9-10(15-12(17)14-2)18(7-6-8-21-4)13(20)16(3)11(9)19/h5-8H2,1-4H3,(H,14,15). The molecule has 0 radical (unpaired) electrons. The summed E-state index contributed by atoms with van der Waals surface area (Å²) in [6.07, 6.45) is 0.678. The summed E-state index contributed by atoms with van der Waals surface area (Å²) in [5.41, 5.74) is 0.188. The van der Waals surface area contributed by atoms with Crippen LogP contribution in [0.2, 0.25) is 0 Å². The molecule has 0 bridgehead atoms. The van der Waals surface area contributed by atoms with Crippen LogP contribution in [0.25, 0.3) is 11.2 Å². The monoisotopic (exact) mass is 295 g/mol. The minimum atomic E-state index is -0.355. The number of rotatable bonds is 6. The van der Waals surface area contributed by atoms with Crippen molar-refractivity contribution in [3.63, 3.8) is 0 Å². The van der Waals surface area contributed by atoms with E-state index < -0.39 is 0 Å². The summed E-state index contributed by atoms with van der Waals surface area (Å²) in [6, 6.07) is 0. The molecule has 21 heavy (non-hydrogen) atoms. The minimum Gasteiger partial charge on any atom is -0.385 e. The van der Waals surface area contributed by atoms with Crippen LogP contribution in [0, 0.1) is 0 Å². The molecule has 116 valence electrons. The van der Waals surface area contributed by atoms with Gasteiger partial charge in [-0.25, -0.2) is 4.79 Å². The molecule has 0 aliphatic heterocycles. The lowest BCUT2D eigenvalue weighted by Gasteiger charge is -2.09. The van der Waals surface area contributed by atoms with E-state index in [1.807, 2.05) is 6.92 Å². The third kappa shape index (κ3) is 2.46. The zero-order valence-corrected chi connectivity index (χ0v) is 12.8. The fraction of sp³-hybridized carbons (Fsp3) is 0.615. The van der Waals surface area contributed by atoms with Gasteiger partial charge in [0.1, 0.15) is 0 Å². The van der Waals surface area contributed by atoms with E-state index in [2.05, 4.69) is 10.3 Å². The minimum absolute atomic E-state index is 0.325. The van der Waals surface area contributed by atoms with Crippen molar-refractivity contribution in [3.05, 3.63) is 20.8 Å². The van der Waals surface area contributed by atoms with Gasteiger partial charge in [0.15, 0.2) is 11.2 Å². The van der Waals surface area contributed by atoms with Crippen LogP contribution in [-0.2, 0) is 24.9 Å². The molecule has 8 nitrogen and oxygen atoms in total. The van der Waals surface area contributed by atoms with Crippen LogP contribution in [0.1, 0.15) is 13.3 Å². The summed E-state index contributed by atoms with van der Waals surface area (Å²) in [5, 5.41) is 2.96. The Hall–Kier alpha value is -2.09. The number of nitrogens with one attached hydrogen (secondary N) is 1. The molecular formula is C13H21N5O3. The molecule has 0 spiro atoms. The molecule has 0 aromatic carbocycles. The first kappa shape index (κ1) is 15.3. The Labute approximate surface area is 122 Å². The quantitative estimate of drug-likeness (QED) is 0.758. The van der Waals surface area contributed by atoms with Gasteiger partial charge in [-0.05, 0) is 13.3 Å². The highest BCUT2D eigenvalue weighted by molar-refractivity contribution is 5.74. The first-order chi connectivity index (χ1) is 10.1. The Morgan fingerprint density at radius 2 is 2.00 bits per heavy atom. The summed E-state index contributed by atoms with van der Waals surface area (Å²) in [5.74, 6) is 0.579. The van der Waals surface area contributed by atoms with E-state index in [1.54, 1.807) is 18.7 Å². The summed E-state index contributed by atoms with van der Waals surface area (Å²) < 4.78 is 9.46. The highest BCUT2D eigenvalue weighted by Crippen LogP contribution is 2.15. The van der Waals surface area contributed by atoms with Gasteiger partial charge in [0.2, 0.25) is 5.95 Å². The molecule has 2 heterocycles. The van der Waals surface area contributed by atoms with Gasteiger partial charge in [0.25, 0.3) is 5.56 Å². The summed E-state index contributed by atoms with van der Waals surface area (Å²) in [4.78, 5) is 29.1. The molecule has 8 heteroatoms. The average molecular weight is 295 g/mol. The topological polar surface area (TPSA) is 83.1 Å². The molecule has 0 aliphatic carbocycles. The molecule has 1 N–H and O–H groups in total. The van der Waals surface area contributed by atoms with Gasteiger partial charge in [-0.3, -0.25) is 13.9 Å². The van der Waals surface area contributed by atoms with Gasteiger partial charge in [-0.2, -0.15) is 4.98 Å². The second kappa shape index (κ2) is 6.13. The molecule has 0 saturated heterocycles. The van der Waals surface area contributed by atoms with Crippen LogP contribution in [0.15, 0.2) is 9.59 Å². The third-order valence-corrected chi connectivity index (χ3v) is 3.50. The number of anilines is 1. The maximum Gasteiger partial charge on any atom is 0.332 e. The van der Waals surface area contributed by atoms with Crippen molar-refractivity contribution in [1.82, 2.24) is 18.7 Å². The molecule has 0 saturated carbocycles. The van der Waals surface area contributed by atoms with E-state index in [-0.39, 0.29) is 11.2 Å². The van der Waals surface area contributed by atoms with E-state index in [1.165, 1.54) is 11.6 Å². The van der Waals surface area contributed by atoms with Crippen molar-refractivity contribution in [1.29, 1.82) is 0 Å². The van der Waals surface area contributed by atoms with Crippen molar-refractivity contribution in [2.45, 2.75) is 26.4 Å². The Morgan fingerprint density at radius 3 is 2.57 bits per heavy atom. The maximum absolute atomic E-state index is 12.4. The Bertz CT molecular complexity index is 756. The number of aryl methyl sites for hydroxylation is 2. The molecule has 0 atom stereocenters. The predicted octanol–water partition coefficient (Wildman–Crippen LogP) is -0.00520. The second-order valence-corrected chi connectivity index (χ2v) is 4.75. The fourth-order valence-electron chi connectivity index (χ4n) is 2.42. The third-order valence-electron chi connectivity index (χ3n) is 3.50.